The molecule has 0 aliphatic heterocycles. The fraction of sp³-hybridized carbons (Fsp3) is 0.500. The maximum absolute atomic E-state index is 11.4. The quantitative estimate of drug-likeness (QED) is 0.813. The number of aromatic nitrogens is 1. The first-order valence-electron chi connectivity index (χ1n) is 4.01. The van der Waals surface area contributed by atoms with Gasteiger partial charge in [0, 0.05) is 0 Å². The van der Waals surface area contributed by atoms with Gasteiger partial charge >= 0.3 is 5.97 Å². The summed E-state index contributed by atoms with van der Waals surface area (Å²) in [6.45, 7) is 3.18. The zero-order valence-electron chi connectivity index (χ0n) is 7.78. The van der Waals surface area contributed by atoms with Gasteiger partial charge in [-0.05, 0) is 13.8 Å². The Labute approximate surface area is 90.5 Å². The number of nitrogens with zero attached hydrogens (tertiary/aromatic N) is 1. The summed E-state index contributed by atoms with van der Waals surface area (Å²) in [6, 6.07) is 0. The van der Waals surface area contributed by atoms with E-state index in [4.69, 9.17) is 21.4 Å². The molecule has 4 nitrogen and oxygen atoms in total. The molecule has 1 aromatic heterocycles. The van der Waals surface area contributed by atoms with Gasteiger partial charge in [-0.15, -0.1) is 0 Å². The van der Waals surface area contributed by atoms with Gasteiger partial charge < -0.3 is 9.84 Å². The van der Waals surface area contributed by atoms with Crippen molar-refractivity contribution >= 4 is 28.9 Å². The third-order valence-electron chi connectivity index (χ3n) is 1.35. The number of ether oxygens (including phenoxy) is 1. The minimum atomic E-state index is -0.492. The summed E-state index contributed by atoms with van der Waals surface area (Å²) in [5, 5.41) is 8.89. The van der Waals surface area contributed by atoms with Crippen molar-refractivity contribution in [2.45, 2.75) is 26.6 Å². The topological polar surface area (TPSA) is 59.4 Å². The molecule has 0 atom stereocenters. The minimum Gasteiger partial charge on any atom is -0.459 e. The molecule has 0 aliphatic carbocycles. The molecule has 0 aliphatic rings. The predicted molar refractivity (Wildman–Crippen MR) is 53.6 cm³/mol. The Morgan fingerprint density at radius 3 is 2.86 bits per heavy atom. The van der Waals surface area contributed by atoms with E-state index in [0.717, 1.165) is 11.3 Å². The molecule has 1 heterocycles. The van der Waals surface area contributed by atoms with Crippen LogP contribution in [0.4, 0.5) is 0 Å². The Morgan fingerprint density at radius 2 is 2.36 bits per heavy atom. The Bertz CT molecular complexity index is 337. The number of aliphatic hydroxyl groups is 1. The van der Waals surface area contributed by atoms with E-state index in [9.17, 15) is 4.79 Å². The number of halogens is 1. The summed E-state index contributed by atoms with van der Waals surface area (Å²) in [5.74, 6) is -0.492. The highest BCUT2D eigenvalue weighted by Crippen LogP contribution is 2.23. The molecule has 78 valence electrons. The van der Waals surface area contributed by atoms with Crippen LogP contribution in [0.15, 0.2) is 0 Å². The highest BCUT2D eigenvalue weighted by Gasteiger charge is 2.18. The number of carbonyl (C=O) groups excluding carboxylic acids is 1. The van der Waals surface area contributed by atoms with Gasteiger partial charge in [0.1, 0.15) is 4.88 Å². The van der Waals surface area contributed by atoms with E-state index in [-0.39, 0.29) is 27.7 Å². The number of thiazole rings is 1. The van der Waals surface area contributed by atoms with Gasteiger partial charge in [-0.2, -0.15) is 0 Å². The van der Waals surface area contributed by atoms with Gasteiger partial charge in [0.25, 0.3) is 0 Å². The average molecular weight is 236 g/mol. The number of carbonyl (C=O) groups is 1. The minimum absolute atomic E-state index is 0.199. The van der Waals surface area contributed by atoms with E-state index in [0.29, 0.717) is 0 Å². The molecule has 1 aromatic rings. The molecule has 0 unspecified atom stereocenters. The van der Waals surface area contributed by atoms with Gasteiger partial charge in [0.05, 0.1) is 18.4 Å². The van der Waals surface area contributed by atoms with Crippen LogP contribution >= 0.6 is 22.9 Å². The molecule has 0 aromatic carbocycles. The molecule has 0 radical (unpaired) electrons. The summed E-state index contributed by atoms with van der Waals surface area (Å²) in [7, 11) is 0. The molecule has 1 N–H and O–H groups in total. The van der Waals surface area contributed by atoms with Gasteiger partial charge in [0.15, 0.2) is 4.47 Å². The van der Waals surface area contributed by atoms with Gasteiger partial charge in [-0.1, -0.05) is 22.9 Å². The highest BCUT2D eigenvalue weighted by molar-refractivity contribution is 7.17. The summed E-state index contributed by atoms with van der Waals surface area (Å²) in [4.78, 5) is 15.5. The largest absolute Gasteiger partial charge is 0.459 e. The van der Waals surface area contributed by atoms with Crippen LogP contribution in [0.25, 0.3) is 0 Å². The van der Waals surface area contributed by atoms with E-state index in [1.54, 1.807) is 13.8 Å². The van der Waals surface area contributed by atoms with Crippen LogP contribution in [0.1, 0.15) is 29.2 Å². The second-order valence-corrected chi connectivity index (χ2v) is 4.44. The van der Waals surface area contributed by atoms with Crippen molar-refractivity contribution in [2.24, 2.45) is 0 Å². The summed E-state index contributed by atoms with van der Waals surface area (Å²) >= 11 is 6.62. The lowest BCUT2D eigenvalue weighted by Gasteiger charge is -2.06. The number of aliphatic hydroxyl groups excluding tert-OH is 1. The summed E-state index contributed by atoms with van der Waals surface area (Å²) < 4.78 is 5.18. The van der Waals surface area contributed by atoms with Crippen LogP contribution < -0.4 is 0 Å². The molecule has 14 heavy (non-hydrogen) atoms. The van der Waals surface area contributed by atoms with Crippen molar-refractivity contribution in [3.63, 3.8) is 0 Å². The standard InChI is InChI=1S/C8H10ClNO3S/c1-4(2)13-7(12)6-5(3-11)10-8(9)14-6/h4,11H,3H2,1-2H3. The maximum atomic E-state index is 11.4. The molecular formula is C8H10ClNO3S. The predicted octanol–water partition coefficient (Wildman–Crippen LogP) is 1.85. The highest BCUT2D eigenvalue weighted by atomic mass is 35.5. The lowest BCUT2D eigenvalue weighted by molar-refractivity contribution is 0.0380. The van der Waals surface area contributed by atoms with Crippen LogP contribution in [0, 0.1) is 0 Å². The summed E-state index contributed by atoms with van der Waals surface area (Å²) in [6.07, 6.45) is -0.199. The maximum Gasteiger partial charge on any atom is 0.350 e. The Balaban J connectivity index is 2.88. The Morgan fingerprint density at radius 1 is 1.71 bits per heavy atom. The first-order chi connectivity index (χ1) is 6.54. The van der Waals surface area contributed by atoms with Crippen molar-refractivity contribution < 1.29 is 14.6 Å². The lowest BCUT2D eigenvalue weighted by Crippen LogP contribution is -2.12. The fourth-order valence-corrected chi connectivity index (χ4v) is 1.87. The molecule has 0 saturated heterocycles. The van der Waals surface area contributed by atoms with Gasteiger partial charge in [-0.3, -0.25) is 0 Å². The van der Waals surface area contributed by atoms with Crippen molar-refractivity contribution in [2.75, 3.05) is 0 Å². The van der Waals surface area contributed by atoms with E-state index in [2.05, 4.69) is 4.98 Å². The fourth-order valence-electron chi connectivity index (χ4n) is 0.857. The van der Waals surface area contributed by atoms with E-state index in [1.165, 1.54) is 0 Å². The first kappa shape index (κ1) is 11.4. The van der Waals surface area contributed by atoms with Crippen molar-refractivity contribution in [3.05, 3.63) is 15.0 Å². The van der Waals surface area contributed by atoms with E-state index >= 15 is 0 Å². The van der Waals surface area contributed by atoms with Crippen molar-refractivity contribution in [1.82, 2.24) is 4.98 Å². The molecular weight excluding hydrogens is 226 g/mol. The number of rotatable bonds is 3. The van der Waals surface area contributed by atoms with Crippen LogP contribution in [-0.2, 0) is 11.3 Å². The molecule has 6 heteroatoms. The Kier molecular flexibility index (Phi) is 3.86. The van der Waals surface area contributed by atoms with Crippen molar-refractivity contribution in [1.29, 1.82) is 0 Å². The first-order valence-corrected chi connectivity index (χ1v) is 5.21. The SMILES string of the molecule is CC(C)OC(=O)c1sc(Cl)nc1CO. The number of esters is 1. The number of hydrogen-bond acceptors (Lipinski definition) is 5. The normalized spacial score (nSPS) is 10.6. The second kappa shape index (κ2) is 4.72. The van der Waals surface area contributed by atoms with E-state index in [1.807, 2.05) is 0 Å². The zero-order valence-corrected chi connectivity index (χ0v) is 9.35. The monoisotopic (exact) mass is 235 g/mol. The lowest BCUT2D eigenvalue weighted by atomic mass is 10.4. The molecule has 0 spiro atoms. The van der Waals surface area contributed by atoms with Crippen LogP contribution in [-0.4, -0.2) is 22.2 Å². The molecule has 0 saturated carbocycles. The van der Waals surface area contributed by atoms with Gasteiger partial charge in [-0.25, -0.2) is 9.78 Å². The van der Waals surface area contributed by atoms with E-state index < -0.39 is 5.97 Å². The van der Waals surface area contributed by atoms with Crippen LogP contribution in [0.5, 0.6) is 0 Å². The van der Waals surface area contributed by atoms with Crippen molar-refractivity contribution in [3.8, 4) is 0 Å². The Hall–Kier alpha value is -0.650. The second-order valence-electron chi connectivity index (χ2n) is 2.85. The molecule has 0 fully saturated rings. The number of hydrogen-bond donors (Lipinski definition) is 1. The van der Waals surface area contributed by atoms with Gasteiger partial charge in [0.2, 0.25) is 0 Å². The smallest absolute Gasteiger partial charge is 0.350 e. The molecule has 0 amide bonds. The van der Waals surface area contributed by atoms with Crippen LogP contribution in [0.2, 0.25) is 4.47 Å². The summed E-state index contributed by atoms with van der Waals surface area (Å²) in [5.41, 5.74) is 0.269. The third-order valence-corrected chi connectivity index (χ3v) is 2.53. The molecule has 1 rings (SSSR count). The zero-order chi connectivity index (χ0) is 10.7. The molecule has 0 bridgehead atoms. The van der Waals surface area contributed by atoms with Crippen LogP contribution in [0.3, 0.4) is 0 Å². The third kappa shape index (κ3) is 2.67. The average Bonchev–Trinajstić information content (AvgIpc) is 2.45.